The van der Waals surface area contributed by atoms with Gasteiger partial charge in [0.05, 0.1) is 32.5 Å². The largest absolute Gasteiger partial charge is 0.493 e. The fraction of sp³-hybridized carbons (Fsp3) is 0.600. The number of methoxy groups -OCH3 is 1. The molecule has 0 amide bonds. The summed E-state index contributed by atoms with van der Waals surface area (Å²) < 4.78 is 15.9. The summed E-state index contributed by atoms with van der Waals surface area (Å²) in [4.78, 5) is 0. The van der Waals surface area contributed by atoms with Gasteiger partial charge in [0, 0.05) is 7.11 Å². The summed E-state index contributed by atoms with van der Waals surface area (Å²) in [5, 5.41) is 10.0. The molecule has 4 heteroatoms. The molecule has 0 spiro atoms. The van der Waals surface area contributed by atoms with Crippen molar-refractivity contribution in [3.63, 3.8) is 0 Å². The number of para-hydroxylation sites is 1. The molecule has 0 saturated heterocycles. The zero-order valence-corrected chi connectivity index (χ0v) is 11.4. The standard InChI is InChI=1S/C15H22O4/c1-17-8-9-18-11-13(16)10-12-6-7-19-15-5-3-2-4-14(12)15/h2-5,12-13,16H,6-11H2,1H3. The predicted octanol–water partition coefficient (Wildman–Crippen LogP) is 1.97. The van der Waals surface area contributed by atoms with Crippen LogP contribution in [0.2, 0.25) is 0 Å². The number of hydrogen-bond acceptors (Lipinski definition) is 4. The molecular weight excluding hydrogens is 244 g/mol. The molecule has 106 valence electrons. The maximum Gasteiger partial charge on any atom is 0.122 e. The number of benzene rings is 1. The van der Waals surface area contributed by atoms with E-state index in [1.54, 1.807) is 7.11 Å². The minimum absolute atomic E-state index is 0.353. The first-order valence-electron chi connectivity index (χ1n) is 6.77. The lowest BCUT2D eigenvalue weighted by molar-refractivity contribution is 0.00646. The topological polar surface area (TPSA) is 47.9 Å². The Kier molecular flexibility index (Phi) is 5.63. The summed E-state index contributed by atoms with van der Waals surface area (Å²) in [6.45, 7) is 2.17. The molecule has 0 aliphatic carbocycles. The van der Waals surface area contributed by atoms with Crippen LogP contribution in [0.4, 0.5) is 0 Å². The van der Waals surface area contributed by atoms with Crippen LogP contribution in [0, 0.1) is 0 Å². The molecule has 1 heterocycles. The third-order valence-corrected chi connectivity index (χ3v) is 3.38. The Labute approximate surface area is 114 Å². The van der Waals surface area contributed by atoms with Crippen LogP contribution < -0.4 is 4.74 Å². The van der Waals surface area contributed by atoms with E-state index in [2.05, 4.69) is 6.07 Å². The van der Waals surface area contributed by atoms with Crippen LogP contribution in [0.25, 0.3) is 0 Å². The lowest BCUT2D eigenvalue weighted by Gasteiger charge is -2.27. The molecule has 2 rings (SSSR count). The first-order chi connectivity index (χ1) is 9.31. The van der Waals surface area contributed by atoms with Crippen LogP contribution >= 0.6 is 0 Å². The molecule has 1 N–H and O–H groups in total. The van der Waals surface area contributed by atoms with Gasteiger partial charge in [-0.2, -0.15) is 0 Å². The van der Waals surface area contributed by atoms with E-state index < -0.39 is 6.10 Å². The lowest BCUT2D eigenvalue weighted by atomic mass is 9.88. The first-order valence-corrected chi connectivity index (χ1v) is 6.77. The van der Waals surface area contributed by atoms with Crippen LogP contribution in [0.1, 0.15) is 24.3 Å². The molecule has 2 unspecified atom stereocenters. The van der Waals surface area contributed by atoms with Gasteiger partial charge in [0.1, 0.15) is 5.75 Å². The molecule has 0 aromatic heterocycles. The number of fused-ring (bicyclic) bond motifs is 1. The molecule has 0 bridgehead atoms. The van der Waals surface area contributed by atoms with Gasteiger partial charge in [-0.05, 0) is 30.4 Å². The number of aliphatic hydroxyl groups excluding tert-OH is 1. The second-order valence-corrected chi connectivity index (χ2v) is 4.83. The zero-order valence-electron chi connectivity index (χ0n) is 11.4. The average Bonchev–Trinajstić information content (AvgIpc) is 2.44. The molecule has 2 atom stereocenters. The van der Waals surface area contributed by atoms with Gasteiger partial charge >= 0.3 is 0 Å². The second kappa shape index (κ2) is 7.48. The third kappa shape index (κ3) is 4.20. The van der Waals surface area contributed by atoms with Gasteiger partial charge < -0.3 is 19.3 Å². The number of aliphatic hydroxyl groups is 1. The lowest BCUT2D eigenvalue weighted by Crippen LogP contribution is -2.23. The van der Waals surface area contributed by atoms with E-state index in [1.807, 2.05) is 18.2 Å². The van der Waals surface area contributed by atoms with Crippen molar-refractivity contribution in [3.05, 3.63) is 29.8 Å². The van der Waals surface area contributed by atoms with Crippen molar-refractivity contribution in [2.75, 3.05) is 33.5 Å². The summed E-state index contributed by atoms with van der Waals surface area (Å²) in [5.74, 6) is 1.30. The van der Waals surface area contributed by atoms with Gasteiger partial charge in [-0.15, -0.1) is 0 Å². The first kappa shape index (κ1) is 14.3. The molecule has 0 fully saturated rings. The number of hydrogen-bond donors (Lipinski definition) is 1. The van der Waals surface area contributed by atoms with Crippen molar-refractivity contribution < 1.29 is 19.3 Å². The highest BCUT2D eigenvalue weighted by molar-refractivity contribution is 5.37. The fourth-order valence-corrected chi connectivity index (χ4v) is 2.42. The van der Waals surface area contributed by atoms with Crippen LogP contribution in [-0.2, 0) is 9.47 Å². The van der Waals surface area contributed by atoms with Gasteiger partial charge in [0.15, 0.2) is 0 Å². The maximum absolute atomic E-state index is 10.0. The molecule has 19 heavy (non-hydrogen) atoms. The SMILES string of the molecule is COCCOCC(O)CC1CCOc2ccccc21. The van der Waals surface area contributed by atoms with Gasteiger partial charge in [-0.25, -0.2) is 0 Å². The quantitative estimate of drug-likeness (QED) is 0.767. The molecule has 1 aromatic rings. The number of rotatable bonds is 7. The Hall–Kier alpha value is -1.10. The molecular formula is C15H22O4. The molecule has 1 aliphatic rings. The normalized spacial score (nSPS) is 19.6. The maximum atomic E-state index is 10.0. The minimum atomic E-state index is -0.437. The minimum Gasteiger partial charge on any atom is -0.493 e. The van der Waals surface area contributed by atoms with E-state index in [1.165, 1.54) is 5.56 Å². The van der Waals surface area contributed by atoms with E-state index >= 15 is 0 Å². The highest BCUT2D eigenvalue weighted by atomic mass is 16.5. The summed E-state index contributed by atoms with van der Waals surface area (Å²) >= 11 is 0. The average molecular weight is 266 g/mol. The van der Waals surface area contributed by atoms with E-state index in [4.69, 9.17) is 14.2 Å². The Bertz CT molecular complexity index is 380. The summed E-state index contributed by atoms with van der Waals surface area (Å²) in [7, 11) is 1.64. The van der Waals surface area contributed by atoms with Crippen molar-refractivity contribution in [3.8, 4) is 5.75 Å². The van der Waals surface area contributed by atoms with E-state index in [9.17, 15) is 5.11 Å². The second-order valence-electron chi connectivity index (χ2n) is 4.83. The van der Waals surface area contributed by atoms with Crippen LogP contribution in [0.5, 0.6) is 5.75 Å². The smallest absolute Gasteiger partial charge is 0.122 e. The van der Waals surface area contributed by atoms with Crippen molar-refractivity contribution >= 4 is 0 Å². The van der Waals surface area contributed by atoms with Gasteiger partial charge in [-0.3, -0.25) is 0 Å². The van der Waals surface area contributed by atoms with E-state index in [-0.39, 0.29) is 0 Å². The number of ether oxygens (including phenoxy) is 3. The van der Waals surface area contributed by atoms with E-state index in [0.717, 1.165) is 18.8 Å². The molecule has 1 aromatic carbocycles. The Balaban J connectivity index is 1.83. The Morgan fingerprint density at radius 3 is 3.05 bits per heavy atom. The third-order valence-electron chi connectivity index (χ3n) is 3.38. The van der Waals surface area contributed by atoms with Crippen LogP contribution in [0.15, 0.2) is 24.3 Å². The van der Waals surface area contributed by atoms with Crippen LogP contribution in [0.3, 0.4) is 0 Å². The predicted molar refractivity (Wildman–Crippen MR) is 72.6 cm³/mol. The van der Waals surface area contributed by atoms with Gasteiger partial charge in [-0.1, -0.05) is 18.2 Å². The zero-order chi connectivity index (χ0) is 13.5. The summed E-state index contributed by atoms with van der Waals surface area (Å²) in [5.41, 5.74) is 1.20. The summed E-state index contributed by atoms with van der Waals surface area (Å²) in [6.07, 6.45) is 1.23. The Morgan fingerprint density at radius 2 is 2.21 bits per heavy atom. The highest BCUT2D eigenvalue weighted by Gasteiger charge is 2.23. The molecule has 0 saturated carbocycles. The van der Waals surface area contributed by atoms with Crippen LogP contribution in [-0.4, -0.2) is 44.7 Å². The molecule has 1 aliphatic heterocycles. The van der Waals surface area contributed by atoms with Gasteiger partial charge in [0.2, 0.25) is 0 Å². The van der Waals surface area contributed by atoms with Crippen molar-refractivity contribution in [1.82, 2.24) is 0 Å². The van der Waals surface area contributed by atoms with Gasteiger partial charge in [0.25, 0.3) is 0 Å². The van der Waals surface area contributed by atoms with Crippen molar-refractivity contribution in [1.29, 1.82) is 0 Å². The van der Waals surface area contributed by atoms with Crippen molar-refractivity contribution in [2.24, 2.45) is 0 Å². The molecule has 0 radical (unpaired) electrons. The van der Waals surface area contributed by atoms with E-state index in [0.29, 0.717) is 32.2 Å². The highest BCUT2D eigenvalue weighted by Crippen LogP contribution is 2.36. The fourth-order valence-electron chi connectivity index (χ4n) is 2.42. The molecule has 4 nitrogen and oxygen atoms in total. The Morgan fingerprint density at radius 1 is 1.37 bits per heavy atom. The van der Waals surface area contributed by atoms with Crippen molar-refractivity contribution in [2.45, 2.75) is 24.9 Å². The monoisotopic (exact) mass is 266 g/mol. The summed E-state index contributed by atoms with van der Waals surface area (Å²) in [6, 6.07) is 8.06.